The van der Waals surface area contributed by atoms with Gasteiger partial charge in [-0.05, 0) is 43.9 Å². The van der Waals surface area contributed by atoms with Gasteiger partial charge in [0.2, 0.25) is 0 Å². The van der Waals surface area contributed by atoms with Gasteiger partial charge in [0, 0.05) is 11.0 Å². The van der Waals surface area contributed by atoms with E-state index in [0.717, 1.165) is 6.42 Å². The Kier molecular flexibility index (Phi) is 4.66. The highest BCUT2D eigenvalue weighted by Gasteiger charge is 2.54. The highest BCUT2D eigenvalue weighted by molar-refractivity contribution is 5.40. The van der Waals surface area contributed by atoms with Gasteiger partial charge in [-0.2, -0.15) is 0 Å². The lowest BCUT2D eigenvalue weighted by atomic mass is 9.48. The van der Waals surface area contributed by atoms with Crippen molar-refractivity contribution in [1.29, 1.82) is 0 Å². The molecule has 1 nitrogen and oxygen atoms in total. The van der Waals surface area contributed by atoms with Crippen molar-refractivity contribution in [3.8, 4) is 0 Å². The van der Waals surface area contributed by atoms with E-state index in [-0.39, 0.29) is 21.8 Å². The minimum Gasteiger partial charge on any atom is -0.325 e. The Balaban J connectivity index is 3.41. The number of rotatable bonds is 6. The van der Waals surface area contributed by atoms with Crippen molar-refractivity contribution in [2.45, 2.75) is 80.2 Å². The van der Waals surface area contributed by atoms with Gasteiger partial charge in [-0.3, -0.25) is 0 Å². The van der Waals surface area contributed by atoms with E-state index in [1.54, 1.807) is 0 Å². The molecule has 0 radical (unpaired) electrons. The van der Waals surface area contributed by atoms with Gasteiger partial charge in [-0.15, -0.1) is 0 Å². The van der Waals surface area contributed by atoms with Crippen LogP contribution in [-0.4, -0.2) is 5.54 Å². The lowest BCUT2D eigenvalue weighted by Crippen LogP contribution is -2.49. The number of allylic oxidation sites excluding steroid dienone is 3. The van der Waals surface area contributed by atoms with E-state index < -0.39 is 0 Å². The second-order valence-electron chi connectivity index (χ2n) is 8.50. The molecule has 1 aliphatic rings. The maximum absolute atomic E-state index is 6.34. The van der Waals surface area contributed by atoms with Crippen LogP contribution in [0.15, 0.2) is 23.8 Å². The van der Waals surface area contributed by atoms with Crippen LogP contribution in [-0.2, 0) is 0 Å². The summed E-state index contributed by atoms with van der Waals surface area (Å²) in [5.74, 6) is 0. The Morgan fingerprint density at radius 2 is 1.40 bits per heavy atom. The van der Waals surface area contributed by atoms with Gasteiger partial charge >= 0.3 is 0 Å². The highest BCUT2D eigenvalue weighted by Crippen LogP contribution is 2.62. The first-order valence-corrected chi connectivity index (χ1v) is 8.11. The molecule has 0 aromatic rings. The lowest BCUT2D eigenvalue weighted by molar-refractivity contribution is 0.0186. The molecule has 1 aliphatic carbocycles. The largest absolute Gasteiger partial charge is 0.325 e. The third-order valence-electron chi connectivity index (χ3n) is 5.70. The van der Waals surface area contributed by atoms with E-state index in [9.17, 15) is 0 Å². The SMILES string of the molecule is CCC(C)(C)C1(C(C)(C)CC)C=CC=C1CC(C)(C)N. The van der Waals surface area contributed by atoms with Crippen LogP contribution in [0.3, 0.4) is 0 Å². The zero-order chi connectivity index (χ0) is 15.8. The summed E-state index contributed by atoms with van der Waals surface area (Å²) in [5.41, 5.74) is 8.28. The number of hydrogen-bond acceptors (Lipinski definition) is 1. The van der Waals surface area contributed by atoms with E-state index in [4.69, 9.17) is 5.73 Å². The van der Waals surface area contributed by atoms with Crippen LogP contribution in [0.1, 0.15) is 74.7 Å². The molecule has 20 heavy (non-hydrogen) atoms. The van der Waals surface area contributed by atoms with Gasteiger partial charge in [0.1, 0.15) is 0 Å². The van der Waals surface area contributed by atoms with Gasteiger partial charge in [-0.1, -0.05) is 65.3 Å². The molecular weight excluding hydrogens is 242 g/mol. The van der Waals surface area contributed by atoms with E-state index in [1.807, 2.05) is 0 Å². The molecule has 0 saturated carbocycles. The average Bonchev–Trinajstić information content (AvgIpc) is 2.72. The number of nitrogens with two attached hydrogens (primary N) is 1. The summed E-state index contributed by atoms with van der Waals surface area (Å²) in [5, 5.41) is 0. The summed E-state index contributed by atoms with van der Waals surface area (Å²) >= 11 is 0. The van der Waals surface area contributed by atoms with Crippen LogP contribution < -0.4 is 5.73 Å². The van der Waals surface area contributed by atoms with Crippen molar-refractivity contribution in [2.24, 2.45) is 22.0 Å². The first-order chi connectivity index (χ1) is 8.93. The molecule has 0 aliphatic heterocycles. The molecule has 0 saturated heterocycles. The van der Waals surface area contributed by atoms with E-state index in [1.165, 1.54) is 18.4 Å². The third-order valence-corrected chi connectivity index (χ3v) is 5.70. The van der Waals surface area contributed by atoms with Crippen molar-refractivity contribution < 1.29 is 0 Å². The standard InChI is InChI=1S/C19H35N/c1-9-16(3,4)19(17(5,6)10-2)13-11-12-15(19)14-18(7,8)20/h11-13H,9-10,14,20H2,1-8H3. The predicted molar refractivity (Wildman–Crippen MR) is 90.7 cm³/mol. The molecule has 0 atom stereocenters. The van der Waals surface area contributed by atoms with Crippen LogP contribution in [0.5, 0.6) is 0 Å². The van der Waals surface area contributed by atoms with E-state index in [2.05, 4.69) is 73.6 Å². The zero-order valence-electron chi connectivity index (χ0n) is 14.9. The molecule has 0 amide bonds. The highest BCUT2D eigenvalue weighted by atomic mass is 14.7. The molecule has 0 unspecified atom stereocenters. The van der Waals surface area contributed by atoms with Crippen LogP contribution >= 0.6 is 0 Å². The van der Waals surface area contributed by atoms with Crippen molar-refractivity contribution in [3.05, 3.63) is 23.8 Å². The monoisotopic (exact) mass is 277 g/mol. The third kappa shape index (κ3) is 2.74. The second-order valence-corrected chi connectivity index (χ2v) is 8.50. The normalized spacial score (nSPS) is 19.4. The van der Waals surface area contributed by atoms with Crippen molar-refractivity contribution in [3.63, 3.8) is 0 Å². The van der Waals surface area contributed by atoms with Gasteiger partial charge in [0.25, 0.3) is 0 Å². The quantitative estimate of drug-likeness (QED) is 0.684. The summed E-state index contributed by atoms with van der Waals surface area (Å²) in [6.45, 7) is 18.5. The Hall–Kier alpha value is -0.560. The molecule has 1 heteroatoms. The maximum Gasteiger partial charge on any atom is 0.0200 e. The molecule has 0 fully saturated rings. The van der Waals surface area contributed by atoms with Crippen molar-refractivity contribution in [1.82, 2.24) is 0 Å². The average molecular weight is 277 g/mol. The second kappa shape index (κ2) is 5.33. The van der Waals surface area contributed by atoms with Crippen LogP contribution in [0.2, 0.25) is 0 Å². The minimum absolute atomic E-state index is 0.111. The molecular formula is C19H35N. The van der Waals surface area contributed by atoms with E-state index in [0.29, 0.717) is 0 Å². The molecule has 0 bridgehead atoms. The van der Waals surface area contributed by atoms with Gasteiger partial charge in [-0.25, -0.2) is 0 Å². The first-order valence-electron chi connectivity index (χ1n) is 8.11. The fourth-order valence-corrected chi connectivity index (χ4v) is 4.03. The zero-order valence-corrected chi connectivity index (χ0v) is 14.9. The van der Waals surface area contributed by atoms with Crippen LogP contribution in [0.4, 0.5) is 0 Å². The molecule has 1 rings (SSSR count). The van der Waals surface area contributed by atoms with Gasteiger partial charge in [0.15, 0.2) is 0 Å². The molecule has 116 valence electrons. The fraction of sp³-hybridized carbons (Fsp3) is 0.789. The lowest BCUT2D eigenvalue weighted by Gasteiger charge is -2.55. The van der Waals surface area contributed by atoms with Crippen molar-refractivity contribution in [2.75, 3.05) is 0 Å². The van der Waals surface area contributed by atoms with Crippen LogP contribution in [0, 0.1) is 16.2 Å². The van der Waals surface area contributed by atoms with Crippen molar-refractivity contribution >= 4 is 0 Å². The Bertz CT molecular complexity index is 386. The fourth-order valence-electron chi connectivity index (χ4n) is 4.03. The predicted octanol–water partition coefficient (Wildman–Crippen LogP) is 5.47. The number of hydrogen-bond donors (Lipinski definition) is 1. The topological polar surface area (TPSA) is 26.0 Å². The summed E-state index contributed by atoms with van der Waals surface area (Å²) in [4.78, 5) is 0. The summed E-state index contributed by atoms with van der Waals surface area (Å²) < 4.78 is 0. The first kappa shape index (κ1) is 17.5. The summed E-state index contributed by atoms with van der Waals surface area (Å²) in [6, 6.07) is 0. The summed E-state index contributed by atoms with van der Waals surface area (Å²) in [7, 11) is 0. The minimum atomic E-state index is -0.156. The molecule has 0 aromatic carbocycles. The molecule has 0 spiro atoms. The molecule has 0 aromatic heterocycles. The maximum atomic E-state index is 6.34. The van der Waals surface area contributed by atoms with Crippen LogP contribution in [0.25, 0.3) is 0 Å². The molecule has 2 N–H and O–H groups in total. The molecule has 0 heterocycles. The van der Waals surface area contributed by atoms with Gasteiger partial charge in [0.05, 0.1) is 0 Å². The Morgan fingerprint density at radius 3 is 1.75 bits per heavy atom. The Labute approximate surface area is 126 Å². The smallest absolute Gasteiger partial charge is 0.0200 e. The van der Waals surface area contributed by atoms with Gasteiger partial charge < -0.3 is 5.73 Å². The summed E-state index contributed by atoms with van der Waals surface area (Å²) in [6.07, 6.45) is 10.3. The Morgan fingerprint density at radius 1 is 0.950 bits per heavy atom. The van der Waals surface area contributed by atoms with E-state index >= 15 is 0 Å².